The lowest BCUT2D eigenvalue weighted by atomic mass is 10.1. The van der Waals surface area contributed by atoms with Crippen molar-refractivity contribution >= 4 is 16.5 Å². The fraction of sp³-hybridized carbons (Fsp3) is 0.800. The van der Waals surface area contributed by atoms with Crippen LogP contribution in [0.4, 0.5) is 5.13 Å². The van der Waals surface area contributed by atoms with Gasteiger partial charge < -0.3 is 10.0 Å². The Balaban J connectivity index is 2.11. The molecule has 5 heteroatoms. The van der Waals surface area contributed by atoms with Crippen molar-refractivity contribution in [1.29, 1.82) is 0 Å². The molecule has 2 heterocycles. The van der Waals surface area contributed by atoms with E-state index in [-0.39, 0.29) is 0 Å². The SMILES string of the molecule is CC(C)c1nnc(N2CCC(C)(O)C2)s1. The summed E-state index contributed by atoms with van der Waals surface area (Å²) in [6.45, 7) is 7.64. The molecule has 1 aromatic rings. The molecule has 1 aromatic heterocycles. The summed E-state index contributed by atoms with van der Waals surface area (Å²) in [5.41, 5.74) is -0.566. The van der Waals surface area contributed by atoms with Crippen LogP contribution < -0.4 is 4.90 Å². The average molecular weight is 227 g/mol. The van der Waals surface area contributed by atoms with Crippen molar-refractivity contribution in [2.24, 2.45) is 0 Å². The van der Waals surface area contributed by atoms with Crippen LogP contribution in [-0.4, -0.2) is 34.0 Å². The van der Waals surface area contributed by atoms with Gasteiger partial charge in [0.25, 0.3) is 0 Å². The van der Waals surface area contributed by atoms with Gasteiger partial charge in [0.15, 0.2) is 0 Å². The van der Waals surface area contributed by atoms with E-state index >= 15 is 0 Å². The summed E-state index contributed by atoms with van der Waals surface area (Å²) >= 11 is 1.63. The summed E-state index contributed by atoms with van der Waals surface area (Å²) in [5, 5.41) is 20.2. The van der Waals surface area contributed by atoms with Gasteiger partial charge in [0.1, 0.15) is 5.01 Å². The first-order valence-corrected chi connectivity index (χ1v) is 6.10. The normalized spacial score (nSPS) is 26.6. The highest BCUT2D eigenvalue weighted by atomic mass is 32.1. The van der Waals surface area contributed by atoms with Gasteiger partial charge in [-0.15, -0.1) is 10.2 Å². The van der Waals surface area contributed by atoms with Gasteiger partial charge in [-0.05, 0) is 13.3 Å². The lowest BCUT2D eigenvalue weighted by Crippen LogP contribution is -2.29. The highest BCUT2D eigenvalue weighted by Crippen LogP contribution is 2.30. The Bertz CT molecular complexity index is 348. The van der Waals surface area contributed by atoms with Crippen LogP contribution in [-0.2, 0) is 0 Å². The van der Waals surface area contributed by atoms with E-state index in [0.29, 0.717) is 12.5 Å². The van der Waals surface area contributed by atoms with Gasteiger partial charge in [-0.3, -0.25) is 0 Å². The van der Waals surface area contributed by atoms with Gasteiger partial charge in [0, 0.05) is 19.0 Å². The molecule has 1 N–H and O–H groups in total. The lowest BCUT2D eigenvalue weighted by molar-refractivity contribution is 0.0839. The van der Waals surface area contributed by atoms with Crippen LogP contribution in [0.3, 0.4) is 0 Å². The van der Waals surface area contributed by atoms with Crippen molar-refractivity contribution in [2.75, 3.05) is 18.0 Å². The quantitative estimate of drug-likeness (QED) is 0.834. The van der Waals surface area contributed by atoms with Gasteiger partial charge in [-0.25, -0.2) is 0 Å². The number of anilines is 1. The van der Waals surface area contributed by atoms with E-state index in [9.17, 15) is 5.11 Å². The molecule has 0 aliphatic carbocycles. The zero-order chi connectivity index (χ0) is 11.1. The molecule has 1 atom stereocenters. The number of nitrogens with zero attached hydrogens (tertiary/aromatic N) is 3. The smallest absolute Gasteiger partial charge is 0.208 e. The van der Waals surface area contributed by atoms with E-state index in [1.54, 1.807) is 11.3 Å². The highest BCUT2D eigenvalue weighted by molar-refractivity contribution is 7.15. The summed E-state index contributed by atoms with van der Waals surface area (Å²) in [6.07, 6.45) is 0.809. The summed E-state index contributed by atoms with van der Waals surface area (Å²) < 4.78 is 0. The minimum atomic E-state index is -0.566. The van der Waals surface area contributed by atoms with Crippen LogP contribution >= 0.6 is 11.3 Å². The van der Waals surface area contributed by atoms with Crippen LogP contribution in [0.1, 0.15) is 38.1 Å². The molecular weight excluding hydrogens is 210 g/mol. The molecule has 1 saturated heterocycles. The van der Waals surface area contributed by atoms with E-state index in [4.69, 9.17) is 0 Å². The van der Waals surface area contributed by atoms with Crippen molar-refractivity contribution < 1.29 is 5.11 Å². The molecule has 0 radical (unpaired) electrons. The van der Waals surface area contributed by atoms with E-state index in [2.05, 4.69) is 28.9 Å². The first-order chi connectivity index (χ1) is 6.98. The molecule has 0 saturated carbocycles. The van der Waals surface area contributed by atoms with Crippen LogP contribution in [0.25, 0.3) is 0 Å². The predicted molar refractivity (Wildman–Crippen MR) is 61.5 cm³/mol. The molecular formula is C10H17N3OS. The summed E-state index contributed by atoms with van der Waals surface area (Å²) in [7, 11) is 0. The lowest BCUT2D eigenvalue weighted by Gasteiger charge is -2.17. The Kier molecular flexibility index (Phi) is 2.68. The van der Waals surface area contributed by atoms with Crippen molar-refractivity contribution in [3.63, 3.8) is 0 Å². The van der Waals surface area contributed by atoms with Crippen molar-refractivity contribution in [1.82, 2.24) is 10.2 Å². The maximum absolute atomic E-state index is 9.86. The molecule has 0 spiro atoms. The number of hydrogen-bond donors (Lipinski definition) is 1. The zero-order valence-electron chi connectivity index (χ0n) is 9.40. The fourth-order valence-corrected chi connectivity index (χ4v) is 2.57. The molecule has 0 amide bonds. The molecule has 0 aromatic carbocycles. The van der Waals surface area contributed by atoms with Crippen molar-refractivity contribution in [3.05, 3.63) is 5.01 Å². The fourth-order valence-electron chi connectivity index (χ4n) is 1.70. The average Bonchev–Trinajstić information content (AvgIpc) is 2.70. The summed E-state index contributed by atoms with van der Waals surface area (Å²) in [6, 6.07) is 0. The largest absolute Gasteiger partial charge is 0.388 e. The Labute approximate surface area is 93.9 Å². The van der Waals surface area contributed by atoms with Crippen LogP contribution in [0, 0.1) is 0 Å². The van der Waals surface area contributed by atoms with Gasteiger partial charge in [0.05, 0.1) is 5.60 Å². The summed E-state index contributed by atoms with van der Waals surface area (Å²) in [4.78, 5) is 2.11. The van der Waals surface area contributed by atoms with Gasteiger partial charge in [-0.2, -0.15) is 0 Å². The van der Waals surface area contributed by atoms with E-state index < -0.39 is 5.60 Å². The molecule has 0 bridgehead atoms. The molecule has 1 unspecified atom stereocenters. The molecule has 1 fully saturated rings. The third-order valence-corrected chi connectivity index (χ3v) is 3.93. The number of aromatic nitrogens is 2. The minimum absolute atomic E-state index is 0.430. The highest BCUT2D eigenvalue weighted by Gasteiger charge is 2.33. The number of aliphatic hydroxyl groups is 1. The van der Waals surface area contributed by atoms with E-state index in [1.165, 1.54) is 0 Å². The standard InChI is InChI=1S/C10H17N3OS/c1-7(2)8-11-12-9(15-8)13-5-4-10(3,14)6-13/h7,14H,4-6H2,1-3H3. The third-order valence-electron chi connectivity index (χ3n) is 2.65. The Morgan fingerprint density at radius 1 is 1.47 bits per heavy atom. The van der Waals surface area contributed by atoms with E-state index in [0.717, 1.165) is 23.1 Å². The Morgan fingerprint density at radius 3 is 2.67 bits per heavy atom. The zero-order valence-corrected chi connectivity index (χ0v) is 10.2. The molecule has 2 rings (SSSR count). The molecule has 4 nitrogen and oxygen atoms in total. The second-order valence-electron chi connectivity index (χ2n) is 4.75. The van der Waals surface area contributed by atoms with Crippen molar-refractivity contribution in [3.8, 4) is 0 Å². The monoisotopic (exact) mass is 227 g/mol. The third kappa shape index (κ3) is 2.29. The maximum Gasteiger partial charge on any atom is 0.208 e. The Hall–Kier alpha value is -0.680. The van der Waals surface area contributed by atoms with Crippen molar-refractivity contribution in [2.45, 2.75) is 38.7 Å². The van der Waals surface area contributed by atoms with E-state index in [1.807, 2.05) is 6.92 Å². The molecule has 15 heavy (non-hydrogen) atoms. The maximum atomic E-state index is 9.86. The second-order valence-corrected chi connectivity index (χ2v) is 5.73. The second kappa shape index (κ2) is 3.72. The minimum Gasteiger partial charge on any atom is -0.388 e. The van der Waals surface area contributed by atoms with Gasteiger partial charge in [0.2, 0.25) is 5.13 Å². The van der Waals surface area contributed by atoms with Crippen LogP contribution in [0.5, 0.6) is 0 Å². The van der Waals surface area contributed by atoms with Crippen LogP contribution in [0.15, 0.2) is 0 Å². The van der Waals surface area contributed by atoms with Crippen LogP contribution in [0.2, 0.25) is 0 Å². The first-order valence-electron chi connectivity index (χ1n) is 5.29. The topological polar surface area (TPSA) is 49.2 Å². The number of hydrogen-bond acceptors (Lipinski definition) is 5. The molecule has 84 valence electrons. The summed E-state index contributed by atoms with van der Waals surface area (Å²) in [5.74, 6) is 0.430. The first kappa shape index (κ1) is 10.8. The Morgan fingerprint density at radius 2 is 2.20 bits per heavy atom. The number of rotatable bonds is 2. The predicted octanol–water partition coefficient (Wildman–Crippen LogP) is 1.62. The van der Waals surface area contributed by atoms with Gasteiger partial charge in [-0.1, -0.05) is 25.2 Å². The molecule has 1 aliphatic heterocycles. The molecule has 1 aliphatic rings. The number of β-amino-alcohol motifs (C(OH)–C–C–N with tert-alkyl or cyclic N) is 1. The van der Waals surface area contributed by atoms with Gasteiger partial charge >= 0.3 is 0 Å².